The van der Waals surface area contributed by atoms with E-state index in [1.807, 2.05) is 0 Å². The van der Waals surface area contributed by atoms with Crippen molar-refractivity contribution in [3.63, 3.8) is 0 Å². The van der Waals surface area contributed by atoms with Crippen molar-refractivity contribution in [1.29, 1.82) is 0 Å². The standard InChI is InChI=1S/C15H21N3O5/c1-2-12(21)17-6-5-16-7-11(20)9-3-4-10(19)14-15(9)23-8-13(22)18-14/h3-4,11,16,19-20H,2,5-8H2,1H3,(H,17,21)(H,18,22)/t11-/m0/s1. The van der Waals surface area contributed by atoms with Gasteiger partial charge in [-0.15, -0.1) is 0 Å². The predicted molar refractivity (Wildman–Crippen MR) is 83.4 cm³/mol. The predicted octanol–water partition coefficient (Wildman–Crippen LogP) is -0.128. The third kappa shape index (κ3) is 4.33. The summed E-state index contributed by atoms with van der Waals surface area (Å²) in [5.74, 6) is -0.217. The van der Waals surface area contributed by atoms with Gasteiger partial charge >= 0.3 is 0 Å². The summed E-state index contributed by atoms with van der Waals surface area (Å²) in [7, 11) is 0. The SMILES string of the molecule is CCC(=O)NCCNC[C@H](O)c1ccc(O)c2c1OCC(=O)N2. The quantitative estimate of drug-likeness (QED) is 0.352. The van der Waals surface area contributed by atoms with E-state index >= 15 is 0 Å². The van der Waals surface area contributed by atoms with Crippen LogP contribution in [-0.4, -0.2) is 48.3 Å². The van der Waals surface area contributed by atoms with Crippen molar-refractivity contribution < 1.29 is 24.5 Å². The molecule has 0 spiro atoms. The summed E-state index contributed by atoms with van der Waals surface area (Å²) >= 11 is 0. The Labute approximate surface area is 133 Å². The maximum Gasteiger partial charge on any atom is 0.262 e. The first-order chi connectivity index (χ1) is 11.0. The van der Waals surface area contributed by atoms with E-state index in [-0.39, 0.29) is 42.2 Å². The van der Waals surface area contributed by atoms with Crippen molar-refractivity contribution in [2.75, 3.05) is 31.6 Å². The highest BCUT2D eigenvalue weighted by molar-refractivity contribution is 5.97. The zero-order valence-electron chi connectivity index (χ0n) is 12.9. The van der Waals surface area contributed by atoms with Crippen molar-refractivity contribution in [2.24, 2.45) is 0 Å². The molecular weight excluding hydrogens is 302 g/mol. The van der Waals surface area contributed by atoms with Gasteiger partial charge in [0.15, 0.2) is 12.4 Å². The van der Waals surface area contributed by atoms with Gasteiger partial charge in [-0.2, -0.15) is 0 Å². The minimum absolute atomic E-state index is 0.0240. The highest BCUT2D eigenvalue weighted by atomic mass is 16.5. The number of carbonyl (C=O) groups excluding carboxylic acids is 2. The lowest BCUT2D eigenvalue weighted by atomic mass is 10.1. The fraction of sp³-hybridized carbons (Fsp3) is 0.467. The molecule has 0 saturated carbocycles. The molecule has 1 aromatic rings. The van der Waals surface area contributed by atoms with Crippen LogP contribution in [0.4, 0.5) is 5.69 Å². The molecule has 1 aliphatic rings. The van der Waals surface area contributed by atoms with E-state index in [4.69, 9.17) is 4.74 Å². The second-order valence-corrected chi connectivity index (χ2v) is 5.14. The van der Waals surface area contributed by atoms with E-state index in [9.17, 15) is 19.8 Å². The molecule has 8 heteroatoms. The Bertz CT molecular complexity index is 591. The average Bonchev–Trinajstić information content (AvgIpc) is 2.54. The minimum atomic E-state index is -0.874. The number of benzene rings is 1. The number of fused-ring (bicyclic) bond motifs is 1. The van der Waals surface area contributed by atoms with E-state index in [1.165, 1.54) is 6.07 Å². The number of rotatable bonds is 7. The maximum atomic E-state index is 11.3. The van der Waals surface area contributed by atoms with Gasteiger partial charge in [0, 0.05) is 31.6 Å². The molecule has 0 saturated heterocycles. The number of hydrogen-bond donors (Lipinski definition) is 5. The molecule has 1 atom stereocenters. The fourth-order valence-electron chi connectivity index (χ4n) is 2.20. The van der Waals surface area contributed by atoms with Crippen molar-refractivity contribution in [1.82, 2.24) is 10.6 Å². The number of nitrogens with one attached hydrogen (secondary N) is 3. The molecule has 126 valence electrons. The van der Waals surface area contributed by atoms with Crippen LogP contribution in [0.5, 0.6) is 11.5 Å². The molecule has 2 rings (SSSR count). The molecule has 0 bridgehead atoms. The van der Waals surface area contributed by atoms with Crippen LogP contribution in [0.3, 0.4) is 0 Å². The Morgan fingerprint density at radius 1 is 1.43 bits per heavy atom. The summed E-state index contributed by atoms with van der Waals surface area (Å²) in [4.78, 5) is 22.4. The lowest BCUT2D eigenvalue weighted by molar-refractivity contribution is -0.121. The van der Waals surface area contributed by atoms with Gasteiger partial charge in [0.1, 0.15) is 11.4 Å². The smallest absolute Gasteiger partial charge is 0.262 e. The number of amides is 2. The molecule has 1 aliphatic heterocycles. The van der Waals surface area contributed by atoms with Gasteiger partial charge in [0.05, 0.1) is 6.10 Å². The van der Waals surface area contributed by atoms with Crippen LogP contribution in [0.2, 0.25) is 0 Å². The summed E-state index contributed by atoms with van der Waals surface area (Å²) in [6.45, 7) is 2.85. The first-order valence-corrected chi connectivity index (χ1v) is 7.47. The first-order valence-electron chi connectivity index (χ1n) is 7.47. The van der Waals surface area contributed by atoms with Gasteiger partial charge in [-0.25, -0.2) is 0 Å². The van der Waals surface area contributed by atoms with Gasteiger partial charge in [-0.1, -0.05) is 6.92 Å². The van der Waals surface area contributed by atoms with Crippen LogP contribution >= 0.6 is 0 Å². The van der Waals surface area contributed by atoms with Crippen molar-refractivity contribution in [3.05, 3.63) is 17.7 Å². The topological polar surface area (TPSA) is 120 Å². The van der Waals surface area contributed by atoms with E-state index in [0.29, 0.717) is 25.1 Å². The number of carbonyl (C=O) groups is 2. The van der Waals surface area contributed by atoms with Crippen molar-refractivity contribution >= 4 is 17.5 Å². The molecular formula is C15H21N3O5. The number of phenols is 1. The molecule has 2 amide bonds. The van der Waals surface area contributed by atoms with Crippen LogP contribution in [0, 0.1) is 0 Å². The number of ether oxygens (including phenoxy) is 1. The van der Waals surface area contributed by atoms with Gasteiger partial charge in [0.25, 0.3) is 5.91 Å². The number of phenolic OH excluding ortho intramolecular Hbond substituents is 1. The Morgan fingerprint density at radius 3 is 2.96 bits per heavy atom. The van der Waals surface area contributed by atoms with Gasteiger partial charge < -0.3 is 30.9 Å². The molecule has 8 nitrogen and oxygen atoms in total. The third-order valence-corrected chi connectivity index (χ3v) is 3.42. The average molecular weight is 323 g/mol. The number of hydrogen-bond acceptors (Lipinski definition) is 6. The highest BCUT2D eigenvalue weighted by Crippen LogP contribution is 2.41. The third-order valence-electron chi connectivity index (χ3n) is 3.42. The summed E-state index contributed by atoms with van der Waals surface area (Å²) in [5.41, 5.74) is 0.649. The molecule has 0 unspecified atom stereocenters. The second kappa shape index (κ2) is 7.80. The van der Waals surface area contributed by atoms with E-state index < -0.39 is 6.10 Å². The first kappa shape index (κ1) is 17.0. The van der Waals surface area contributed by atoms with Gasteiger partial charge in [-0.3, -0.25) is 9.59 Å². The normalized spacial score (nSPS) is 14.4. The van der Waals surface area contributed by atoms with Crippen LogP contribution in [0.1, 0.15) is 25.0 Å². The maximum absolute atomic E-state index is 11.3. The minimum Gasteiger partial charge on any atom is -0.506 e. The number of aromatic hydroxyl groups is 1. The van der Waals surface area contributed by atoms with Crippen molar-refractivity contribution in [3.8, 4) is 11.5 Å². The second-order valence-electron chi connectivity index (χ2n) is 5.14. The summed E-state index contributed by atoms with van der Waals surface area (Å²) in [6.07, 6.45) is -0.438. The van der Waals surface area contributed by atoms with Crippen LogP contribution < -0.4 is 20.7 Å². The molecule has 0 aromatic heterocycles. The molecule has 5 N–H and O–H groups in total. The zero-order chi connectivity index (χ0) is 16.8. The van der Waals surface area contributed by atoms with Gasteiger partial charge in [-0.05, 0) is 12.1 Å². The molecule has 23 heavy (non-hydrogen) atoms. The summed E-state index contributed by atoms with van der Waals surface area (Å²) in [5, 5.41) is 28.3. The van der Waals surface area contributed by atoms with Crippen LogP contribution in [0.25, 0.3) is 0 Å². The lowest BCUT2D eigenvalue weighted by Crippen LogP contribution is -2.33. The molecule has 0 fully saturated rings. The van der Waals surface area contributed by atoms with E-state index in [0.717, 1.165) is 0 Å². The number of aliphatic hydroxyl groups is 1. The van der Waals surface area contributed by atoms with E-state index in [2.05, 4.69) is 16.0 Å². The zero-order valence-corrected chi connectivity index (χ0v) is 12.9. The highest BCUT2D eigenvalue weighted by Gasteiger charge is 2.25. The molecule has 1 heterocycles. The fourth-order valence-corrected chi connectivity index (χ4v) is 2.20. The molecule has 1 aromatic carbocycles. The Kier molecular flexibility index (Phi) is 5.78. The largest absolute Gasteiger partial charge is 0.506 e. The molecule has 0 aliphatic carbocycles. The Morgan fingerprint density at radius 2 is 2.22 bits per heavy atom. The van der Waals surface area contributed by atoms with Crippen LogP contribution in [0.15, 0.2) is 12.1 Å². The monoisotopic (exact) mass is 323 g/mol. The Balaban J connectivity index is 1.92. The molecule has 0 radical (unpaired) electrons. The number of aliphatic hydroxyl groups excluding tert-OH is 1. The van der Waals surface area contributed by atoms with E-state index in [1.54, 1.807) is 13.0 Å². The Hall–Kier alpha value is -2.32. The summed E-state index contributed by atoms with van der Waals surface area (Å²) < 4.78 is 5.33. The number of anilines is 1. The van der Waals surface area contributed by atoms with Crippen molar-refractivity contribution in [2.45, 2.75) is 19.4 Å². The van der Waals surface area contributed by atoms with Crippen LogP contribution in [-0.2, 0) is 9.59 Å². The van der Waals surface area contributed by atoms with Gasteiger partial charge in [0.2, 0.25) is 5.91 Å². The lowest BCUT2D eigenvalue weighted by Gasteiger charge is -2.23. The summed E-state index contributed by atoms with van der Waals surface area (Å²) in [6, 6.07) is 2.95.